The fraction of sp³-hybridized carbons (Fsp3) is 0.688. The van der Waals surface area contributed by atoms with Crippen molar-refractivity contribution in [2.45, 2.75) is 45.2 Å². The Balaban J connectivity index is 2.02. The van der Waals surface area contributed by atoms with Gasteiger partial charge in [0.05, 0.1) is 5.56 Å². The van der Waals surface area contributed by atoms with Gasteiger partial charge in [0, 0.05) is 25.5 Å². The van der Waals surface area contributed by atoms with E-state index in [4.69, 9.17) is 0 Å². The maximum atomic E-state index is 12.5. The maximum Gasteiger partial charge on any atom is 0.256 e. The summed E-state index contributed by atoms with van der Waals surface area (Å²) in [6.45, 7) is 8.57. The molecule has 0 saturated carbocycles. The summed E-state index contributed by atoms with van der Waals surface area (Å²) in [6, 6.07) is 0. The van der Waals surface area contributed by atoms with Crippen LogP contribution in [0.2, 0.25) is 0 Å². The van der Waals surface area contributed by atoms with E-state index >= 15 is 0 Å². The van der Waals surface area contributed by atoms with Crippen LogP contribution in [0, 0.1) is 11.3 Å². The first-order valence-corrected chi connectivity index (χ1v) is 8.79. The fourth-order valence-electron chi connectivity index (χ4n) is 2.88. The molecule has 0 aliphatic carbocycles. The van der Waals surface area contributed by atoms with Crippen LogP contribution in [0.15, 0.2) is 17.6 Å². The lowest BCUT2D eigenvalue weighted by molar-refractivity contribution is 0.0754. The van der Waals surface area contributed by atoms with Crippen molar-refractivity contribution in [2.24, 2.45) is 11.3 Å². The van der Waals surface area contributed by atoms with E-state index in [2.05, 4.69) is 30.7 Å². The first-order chi connectivity index (χ1) is 9.91. The third-order valence-corrected chi connectivity index (χ3v) is 4.87. The Hall–Kier alpha value is -1.10. The van der Waals surface area contributed by atoms with Crippen LogP contribution in [0.25, 0.3) is 0 Å². The summed E-state index contributed by atoms with van der Waals surface area (Å²) < 4.78 is 0. The van der Waals surface area contributed by atoms with Gasteiger partial charge in [0.15, 0.2) is 5.16 Å². The molecule has 1 saturated heterocycles. The molecule has 4 nitrogen and oxygen atoms in total. The predicted octanol–water partition coefficient (Wildman–Crippen LogP) is 3.49. The molecule has 1 atom stereocenters. The Morgan fingerprint density at radius 2 is 1.90 bits per heavy atom. The van der Waals surface area contributed by atoms with Crippen molar-refractivity contribution >= 4 is 17.7 Å². The van der Waals surface area contributed by atoms with Gasteiger partial charge in [0.1, 0.15) is 0 Å². The van der Waals surface area contributed by atoms with Crippen LogP contribution >= 0.6 is 11.8 Å². The summed E-state index contributed by atoms with van der Waals surface area (Å²) in [4.78, 5) is 22.9. The lowest BCUT2D eigenvalue weighted by Crippen LogP contribution is -2.32. The lowest BCUT2D eigenvalue weighted by Gasteiger charge is -2.29. The minimum absolute atomic E-state index is 0.0669. The lowest BCUT2D eigenvalue weighted by atomic mass is 9.77. The Labute approximate surface area is 131 Å². The van der Waals surface area contributed by atoms with Gasteiger partial charge in [-0.1, -0.05) is 32.5 Å². The van der Waals surface area contributed by atoms with E-state index in [0.717, 1.165) is 25.9 Å². The van der Waals surface area contributed by atoms with Gasteiger partial charge in [0.2, 0.25) is 0 Å². The Morgan fingerprint density at radius 1 is 1.24 bits per heavy atom. The standard InChI is InChI=1S/C16H25N3OS/c1-16(2,3)13-6-5-8-19(9-7-13)14(20)12-10-17-15(21-4)18-11-12/h10-11,13H,5-9H2,1-4H3/t13-/m0/s1. The summed E-state index contributed by atoms with van der Waals surface area (Å²) >= 11 is 1.48. The van der Waals surface area contributed by atoms with Gasteiger partial charge in [-0.2, -0.15) is 0 Å². The van der Waals surface area contributed by atoms with Gasteiger partial charge in [0.25, 0.3) is 5.91 Å². The van der Waals surface area contributed by atoms with Crippen LogP contribution in [0.5, 0.6) is 0 Å². The zero-order chi connectivity index (χ0) is 15.5. The molecule has 116 valence electrons. The van der Waals surface area contributed by atoms with E-state index in [1.165, 1.54) is 18.2 Å². The van der Waals surface area contributed by atoms with Crippen molar-refractivity contribution in [3.05, 3.63) is 18.0 Å². The molecule has 1 aromatic heterocycles. The van der Waals surface area contributed by atoms with E-state index in [1.54, 1.807) is 12.4 Å². The Bertz CT molecular complexity index is 481. The molecule has 21 heavy (non-hydrogen) atoms. The highest BCUT2D eigenvalue weighted by atomic mass is 32.2. The molecule has 0 spiro atoms. The van der Waals surface area contributed by atoms with Gasteiger partial charge in [-0.3, -0.25) is 4.79 Å². The summed E-state index contributed by atoms with van der Waals surface area (Å²) in [5, 5.41) is 0.704. The number of likely N-dealkylation sites (tertiary alicyclic amines) is 1. The zero-order valence-corrected chi connectivity index (χ0v) is 14.2. The second kappa shape index (κ2) is 6.77. The van der Waals surface area contributed by atoms with Crippen LogP contribution in [0.4, 0.5) is 0 Å². The van der Waals surface area contributed by atoms with Gasteiger partial charge in [-0.15, -0.1) is 0 Å². The average molecular weight is 307 g/mol. The molecule has 0 N–H and O–H groups in total. The topological polar surface area (TPSA) is 46.1 Å². The maximum absolute atomic E-state index is 12.5. The zero-order valence-electron chi connectivity index (χ0n) is 13.4. The molecule has 0 bridgehead atoms. The Kier molecular flexibility index (Phi) is 5.25. The molecule has 2 heterocycles. The molecule has 1 amide bonds. The Morgan fingerprint density at radius 3 is 2.48 bits per heavy atom. The summed E-state index contributed by atoms with van der Waals surface area (Å²) in [5.74, 6) is 0.752. The third kappa shape index (κ3) is 4.19. The number of carbonyl (C=O) groups excluding carboxylic acids is 1. The number of hydrogen-bond acceptors (Lipinski definition) is 4. The van der Waals surface area contributed by atoms with Crippen molar-refractivity contribution in [3.8, 4) is 0 Å². The second-order valence-corrected chi connectivity index (χ2v) is 7.52. The number of hydrogen-bond donors (Lipinski definition) is 0. The number of rotatable bonds is 2. The number of carbonyl (C=O) groups is 1. The fourth-order valence-corrected chi connectivity index (χ4v) is 3.20. The molecule has 1 aliphatic rings. The van der Waals surface area contributed by atoms with E-state index in [9.17, 15) is 4.79 Å². The van der Waals surface area contributed by atoms with Crippen molar-refractivity contribution < 1.29 is 4.79 Å². The van der Waals surface area contributed by atoms with Gasteiger partial charge < -0.3 is 4.90 Å². The van der Waals surface area contributed by atoms with Crippen molar-refractivity contribution in [1.29, 1.82) is 0 Å². The summed E-state index contributed by atoms with van der Waals surface area (Å²) in [7, 11) is 0. The number of nitrogens with zero attached hydrogens (tertiary/aromatic N) is 3. The average Bonchev–Trinajstić information content (AvgIpc) is 2.72. The van der Waals surface area contributed by atoms with Crippen molar-refractivity contribution in [3.63, 3.8) is 0 Å². The van der Waals surface area contributed by atoms with E-state index in [-0.39, 0.29) is 5.91 Å². The SMILES string of the molecule is CSc1ncc(C(=O)N2CCC[C@H](C(C)(C)C)CC2)cn1. The summed E-state index contributed by atoms with van der Waals surface area (Å²) in [6.07, 6.45) is 8.59. The molecule has 1 aromatic rings. The second-order valence-electron chi connectivity index (χ2n) is 6.74. The largest absolute Gasteiger partial charge is 0.339 e. The van der Waals surface area contributed by atoms with Crippen LogP contribution in [-0.2, 0) is 0 Å². The van der Waals surface area contributed by atoms with Crippen LogP contribution < -0.4 is 0 Å². The molecule has 0 aromatic carbocycles. The minimum Gasteiger partial charge on any atom is -0.339 e. The van der Waals surface area contributed by atoms with E-state index in [1.807, 2.05) is 11.2 Å². The molecule has 0 radical (unpaired) electrons. The highest BCUT2D eigenvalue weighted by Gasteiger charge is 2.28. The van der Waals surface area contributed by atoms with Crippen molar-refractivity contribution in [2.75, 3.05) is 19.3 Å². The van der Waals surface area contributed by atoms with Crippen LogP contribution in [0.1, 0.15) is 50.4 Å². The number of aromatic nitrogens is 2. The smallest absolute Gasteiger partial charge is 0.256 e. The molecule has 5 heteroatoms. The minimum atomic E-state index is 0.0669. The van der Waals surface area contributed by atoms with Crippen molar-refractivity contribution in [1.82, 2.24) is 14.9 Å². The van der Waals surface area contributed by atoms with Gasteiger partial charge >= 0.3 is 0 Å². The number of amides is 1. The van der Waals surface area contributed by atoms with Crippen LogP contribution in [-0.4, -0.2) is 40.1 Å². The third-order valence-electron chi connectivity index (χ3n) is 4.30. The molecule has 1 aliphatic heterocycles. The predicted molar refractivity (Wildman–Crippen MR) is 86.5 cm³/mol. The highest BCUT2D eigenvalue weighted by Crippen LogP contribution is 2.34. The first-order valence-electron chi connectivity index (χ1n) is 7.57. The quantitative estimate of drug-likeness (QED) is 0.620. The number of thioether (sulfide) groups is 1. The van der Waals surface area contributed by atoms with E-state index in [0.29, 0.717) is 22.1 Å². The molecule has 1 fully saturated rings. The monoisotopic (exact) mass is 307 g/mol. The first kappa shape index (κ1) is 16.3. The van der Waals surface area contributed by atoms with Gasteiger partial charge in [-0.05, 0) is 36.9 Å². The molecule has 0 unspecified atom stereocenters. The highest BCUT2D eigenvalue weighted by molar-refractivity contribution is 7.98. The molecule has 2 rings (SSSR count). The van der Waals surface area contributed by atoms with Crippen LogP contribution in [0.3, 0.4) is 0 Å². The molecular formula is C16H25N3OS. The van der Waals surface area contributed by atoms with E-state index < -0.39 is 0 Å². The summed E-state index contributed by atoms with van der Waals surface area (Å²) in [5.41, 5.74) is 0.921. The normalized spacial score (nSPS) is 20.2. The molecular weight excluding hydrogens is 282 g/mol. The van der Waals surface area contributed by atoms with Gasteiger partial charge in [-0.25, -0.2) is 9.97 Å².